The molecule has 1 heterocycles. The molecule has 8 heteroatoms. The number of aromatic nitrogens is 1. The van der Waals surface area contributed by atoms with Crippen LogP contribution in [-0.2, 0) is 22.7 Å². The fraction of sp³-hybridized carbons (Fsp3) is 0.138. The highest BCUT2D eigenvalue weighted by Crippen LogP contribution is 2.26. The van der Waals surface area contributed by atoms with E-state index in [0.29, 0.717) is 21.9 Å². The summed E-state index contributed by atoms with van der Waals surface area (Å²) < 4.78 is 19.3. The lowest BCUT2D eigenvalue weighted by atomic mass is 10.0. The van der Waals surface area contributed by atoms with Gasteiger partial charge in [-0.1, -0.05) is 66.2 Å². The lowest BCUT2D eigenvalue weighted by Gasteiger charge is -2.31. The van der Waals surface area contributed by atoms with Crippen LogP contribution in [0.2, 0.25) is 5.02 Å². The SMILES string of the molecule is O=C(NCc1ccncc1)[C@@H](c1ccccc1)N(Cc1ccc(F)cc1)C(=O)COc1ccccc1Cl. The molecule has 1 aromatic heterocycles. The van der Waals surface area contributed by atoms with E-state index in [1.807, 2.05) is 6.07 Å². The Morgan fingerprint density at radius 1 is 0.892 bits per heavy atom. The predicted octanol–water partition coefficient (Wildman–Crippen LogP) is 5.34. The fourth-order valence-corrected chi connectivity index (χ4v) is 3.98. The number of benzene rings is 3. The molecule has 188 valence electrons. The summed E-state index contributed by atoms with van der Waals surface area (Å²) in [5.41, 5.74) is 2.16. The number of hydrogen-bond donors (Lipinski definition) is 1. The van der Waals surface area contributed by atoms with Gasteiger partial charge in [0.1, 0.15) is 17.6 Å². The van der Waals surface area contributed by atoms with Crippen LogP contribution in [0.15, 0.2) is 103 Å². The van der Waals surface area contributed by atoms with Crippen molar-refractivity contribution in [3.8, 4) is 5.75 Å². The standard InChI is InChI=1S/C29H25ClFN3O3/c30-25-8-4-5-9-26(25)37-20-27(35)34(19-22-10-12-24(31)13-11-22)28(23-6-2-1-3-7-23)29(36)33-18-21-14-16-32-17-15-21/h1-17,28H,18-20H2,(H,33,36)/t28-/m1/s1. The van der Waals surface area contributed by atoms with E-state index >= 15 is 0 Å². The summed E-state index contributed by atoms with van der Waals surface area (Å²) >= 11 is 6.19. The molecule has 2 amide bonds. The van der Waals surface area contributed by atoms with Crippen LogP contribution in [0, 0.1) is 5.82 Å². The molecule has 6 nitrogen and oxygen atoms in total. The Hall–Kier alpha value is -4.23. The zero-order valence-electron chi connectivity index (χ0n) is 19.9. The van der Waals surface area contributed by atoms with Crippen LogP contribution in [0.3, 0.4) is 0 Å². The van der Waals surface area contributed by atoms with Gasteiger partial charge in [-0.2, -0.15) is 0 Å². The molecule has 3 aromatic carbocycles. The molecule has 0 radical (unpaired) electrons. The van der Waals surface area contributed by atoms with E-state index in [-0.39, 0.29) is 25.6 Å². The smallest absolute Gasteiger partial charge is 0.261 e. The largest absolute Gasteiger partial charge is 0.482 e. The van der Waals surface area contributed by atoms with Crippen LogP contribution < -0.4 is 10.1 Å². The molecule has 0 saturated carbocycles. The Kier molecular flexibility index (Phi) is 8.84. The maximum absolute atomic E-state index is 13.6. The summed E-state index contributed by atoms with van der Waals surface area (Å²) in [5, 5.41) is 3.30. The zero-order chi connectivity index (χ0) is 26.0. The van der Waals surface area contributed by atoms with Crippen molar-refractivity contribution in [3.63, 3.8) is 0 Å². The fourth-order valence-electron chi connectivity index (χ4n) is 3.79. The minimum atomic E-state index is -0.963. The maximum atomic E-state index is 13.6. The van der Waals surface area contributed by atoms with Crippen LogP contribution >= 0.6 is 11.6 Å². The van der Waals surface area contributed by atoms with Gasteiger partial charge in [-0.15, -0.1) is 0 Å². The van der Waals surface area contributed by atoms with Crippen molar-refractivity contribution >= 4 is 23.4 Å². The maximum Gasteiger partial charge on any atom is 0.261 e. The molecule has 0 saturated heterocycles. The van der Waals surface area contributed by atoms with Crippen LogP contribution in [0.4, 0.5) is 4.39 Å². The quantitative estimate of drug-likeness (QED) is 0.308. The number of halogens is 2. The Morgan fingerprint density at radius 3 is 2.27 bits per heavy atom. The molecule has 1 atom stereocenters. The van der Waals surface area contributed by atoms with Gasteiger partial charge in [-0.25, -0.2) is 4.39 Å². The predicted molar refractivity (Wildman–Crippen MR) is 139 cm³/mol. The van der Waals surface area contributed by atoms with Crippen LogP contribution in [0.1, 0.15) is 22.7 Å². The van der Waals surface area contributed by atoms with E-state index in [1.165, 1.54) is 17.0 Å². The van der Waals surface area contributed by atoms with Gasteiger partial charge < -0.3 is 15.0 Å². The van der Waals surface area contributed by atoms with E-state index in [2.05, 4.69) is 10.3 Å². The molecule has 0 bridgehead atoms. The third-order valence-corrected chi connectivity index (χ3v) is 5.98. The Labute approximate surface area is 219 Å². The average molecular weight is 518 g/mol. The first kappa shape index (κ1) is 25.9. The second kappa shape index (κ2) is 12.6. The highest BCUT2D eigenvalue weighted by atomic mass is 35.5. The Balaban J connectivity index is 1.63. The van der Waals surface area contributed by atoms with Crippen molar-refractivity contribution in [2.75, 3.05) is 6.61 Å². The van der Waals surface area contributed by atoms with E-state index in [0.717, 1.165) is 5.56 Å². The topological polar surface area (TPSA) is 71.5 Å². The van der Waals surface area contributed by atoms with Gasteiger partial charge in [-0.05, 0) is 53.1 Å². The molecule has 0 unspecified atom stereocenters. The van der Waals surface area contributed by atoms with Crippen molar-refractivity contribution in [3.05, 3.63) is 131 Å². The van der Waals surface area contributed by atoms with Gasteiger partial charge in [0.05, 0.1) is 5.02 Å². The molecule has 0 aliphatic carbocycles. The van der Waals surface area contributed by atoms with Crippen LogP contribution in [-0.4, -0.2) is 28.3 Å². The lowest BCUT2D eigenvalue weighted by Crippen LogP contribution is -2.45. The van der Waals surface area contributed by atoms with Crippen molar-refractivity contribution in [1.29, 1.82) is 0 Å². The number of rotatable bonds is 10. The number of carbonyl (C=O) groups is 2. The van der Waals surface area contributed by atoms with E-state index in [9.17, 15) is 14.0 Å². The molecular weight excluding hydrogens is 493 g/mol. The van der Waals surface area contributed by atoms with Crippen LogP contribution in [0.5, 0.6) is 5.75 Å². The first-order valence-corrected chi connectivity index (χ1v) is 12.0. The molecule has 4 aromatic rings. The summed E-state index contributed by atoms with van der Waals surface area (Å²) in [5.74, 6) is -0.829. The molecule has 0 spiro atoms. The second-order valence-corrected chi connectivity index (χ2v) is 8.66. The van der Waals surface area contributed by atoms with E-state index in [1.54, 1.807) is 85.2 Å². The molecule has 0 aliphatic rings. The van der Waals surface area contributed by atoms with Crippen molar-refractivity contribution in [2.24, 2.45) is 0 Å². The summed E-state index contributed by atoms with van der Waals surface area (Å²) in [6.07, 6.45) is 3.29. The van der Waals surface area contributed by atoms with Crippen molar-refractivity contribution in [2.45, 2.75) is 19.1 Å². The number of pyridine rings is 1. The van der Waals surface area contributed by atoms with Gasteiger partial charge >= 0.3 is 0 Å². The van der Waals surface area contributed by atoms with E-state index in [4.69, 9.17) is 16.3 Å². The Morgan fingerprint density at radius 2 is 1.57 bits per heavy atom. The van der Waals surface area contributed by atoms with E-state index < -0.39 is 17.8 Å². The summed E-state index contributed by atoms with van der Waals surface area (Å²) in [4.78, 5) is 32.6. The lowest BCUT2D eigenvalue weighted by molar-refractivity contribution is -0.143. The van der Waals surface area contributed by atoms with Gasteiger partial charge in [0.2, 0.25) is 5.91 Å². The molecule has 0 aliphatic heterocycles. The number of amides is 2. The van der Waals surface area contributed by atoms with Gasteiger partial charge in [0, 0.05) is 25.5 Å². The number of nitrogens with zero attached hydrogens (tertiary/aromatic N) is 2. The molecule has 0 fully saturated rings. The normalized spacial score (nSPS) is 11.4. The first-order valence-electron chi connectivity index (χ1n) is 11.6. The third kappa shape index (κ3) is 7.15. The second-order valence-electron chi connectivity index (χ2n) is 8.25. The minimum Gasteiger partial charge on any atom is -0.482 e. The molecular formula is C29H25ClFN3O3. The monoisotopic (exact) mass is 517 g/mol. The average Bonchev–Trinajstić information content (AvgIpc) is 2.93. The highest BCUT2D eigenvalue weighted by molar-refractivity contribution is 6.32. The summed E-state index contributed by atoms with van der Waals surface area (Å²) in [7, 11) is 0. The number of para-hydroxylation sites is 1. The zero-order valence-corrected chi connectivity index (χ0v) is 20.6. The number of ether oxygens (including phenoxy) is 1. The third-order valence-electron chi connectivity index (χ3n) is 5.67. The van der Waals surface area contributed by atoms with Crippen molar-refractivity contribution < 1.29 is 18.7 Å². The summed E-state index contributed by atoms with van der Waals surface area (Å²) in [6.45, 7) is -0.0154. The van der Waals surface area contributed by atoms with Gasteiger partial charge in [0.15, 0.2) is 6.61 Å². The van der Waals surface area contributed by atoms with Crippen LogP contribution in [0.25, 0.3) is 0 Å². The number of carbonyl (C=O) groups excluding carboxylic acids is 2. The Bertz CT molecular complexity index is 1320. The van der Waals surface area contributed by atoms with Gasteiger partial charge in [-0.3, -0.25) is 14.6 Å². The molecule has 1 N–H and O–H groups in total. The highest BCUT2D eigenvalue weighted by Gasteiger charge is 2.32. The summed E-state index contributed by atoms with van der Waals surface area (Å²) in [6, 6.07) is 24.3. The molecule has 37 heavy (non-hydrogen) atoms. The molecule has 4 rings (SSSR count). The number of hydrogen-bond acceptors (Lipinski definition) is 4. The minimum absolute atomic E-state index is 0.0627. The van der Waals surface area contributed by atoms with Gasteiger partial charge in [0.25, 0.3) is 5.91 Å². The number of nitrogens with one attached hydrogen (secondary N) is 1. The van der Waals surface area contributed by atoms with Crippen molar-refractivity contribution in [1.82, 2.24) is 15.2 Å². The first-order chi connectivity index (χ1) is 18.0.